The highest BCUT2D eigenvalue weighted by atomic mass is 35.5. The Labute approximate surface area is 152 Å². The summed E-state index contributed by atoms with van der Waals surface area (Å²) >= 11 is 6.24. The average Bonchev–Trinajstić information content (AvgIpc) is 3.13. The summed E-state index contributed by atoms with van der Waals surface area (Å²) in [6.45, 7) is 0. The molecule has 0 bridgehead atoms. The van der Waals surface area contributed by atoms with E-state index in [4.69, 9.17) is 22.1 Å². The second kappa shape index (κ2) is 7.19. The number of amides is 1. The smallest absolute Gasteiger partial charge is 0.338 e. The van der Waals surface area contributed by atoms with Crippen LogP contribution in [0.4, 0.5) is 0 Å². The number of carbonyl (C=O) groups excluding carboxylic acids is 2. The summed E-state index contributed by atoms with van der Waals surface area (Å²) in [7, 11) is 1.28. The normalized spacial score (nSPS) is 10.4. The number of hydrogen-bond acceptors (Lipinski definition) is 7. The summed E-state index contributed by atoms with van der Waals surface area (Å²) in [5, 5.41) is 10.2. The summed E-state index contributed by atoms with van der Waals surface area (Å²) in [5.41, 5.74) is 6.35. The van der Waals surface area contributed by atoms with Crippen LogP contribution in [0.15, 0.2) is 36.5 Å². The Kier molecular flexibility index (Phi) is 4.81. The van der Waals surface area contributed by atoms with Gasteiger partial charge in [0.05, 0.1) is 17.7 Å². The number of rotatable bonds is 5. The molecule has 26 heavy (non-hydrogen) atoms. The minimum absolute atomic E-state index is 0.00202. The van der Waals surface area contributed by atoms with Gasteiger partial charge in [0.2, 0.25) is 5.88 Å². The van der Waals surface area contributed by atoms with E-state index in [2.05, 4.69) is 25.1 Å². The molecule has 10 heteroatoms. The molecule has 0 aliphatic rings. The molecule has 2 aromatic heterocycles. The first-order chi connectivity index (χ1) is 12.5. The number of benzene rings is 1. The Morgan fingerprint density at radius 1 is 1.19 bits per heavy atom. The molecule has 0 saturated heterocycles. The van der Waals surface area contributed by atoms with Crippen molar-refractivity contribution in [1.82, 2.24) is 20.4 Å². The van der Waals surface area contributed by atoms with Gasteiger partial charge in [0.15, 0.2) is 5.69 Å². The lowest BCUT2D eigenvalue weighted by Crippen LogP contribution is -2.12. The van der Waals surface area contributed by atoms with Crippen LogP contribution in [0.1, 0.15) is 20.8 Å². The minimum Gasteiger partial charge on any atom is -0.465 e. The molecule has 1 amide bonds. The molecule has 0 saturated carbocycles. The maximum absolute atomic E-state index is 11.6. The second-order valence-electron chi connectivity index (χ2n) is 5.01. The van der Waals surface area contributed by atoms with Crippen molar-refractivity contribution in [3.8, 4) is 22.9 Å². The summed E-state index contributed by atoms with van der Waals surface area (Å²) in [5.74, 6) is -0.756. The lowest BCUT2D eigenvalue weighted by Gasteiger charge is -2.09. The maximum atomic E-state index is 11.6. The third-order valence-electron chi connectivity index (χ3n) is 3.36. The van der Waals surface area contributed by atoms with Crippen molar-refractivity contribution in [3.63, 3.8) is 0 Å². The lowest BCUT2D eigenvalue weighted by atomic mass is 10.1. The molecule has 3 aromatic rings. The first-order valence-corrected chi connectivity index (χ1v) is 7.60. The van der Waals surface area contributed by atoms with Gasteiger partial charge in [-0.2, -0.15) is 15.4 Å². The number of ether oxygens (including phenoxy) is 2. The molecule has 0 unspecified atom stereocenters. The van der Waals surface area contributed by atoms with Crippen LogP contribution in [0.2, 0.25) is 5.02 Å². The number of aromatic amines is 1. The number of esters is 1. The van der Waals surface area contributed by atoms with Crippen molar-refractivity contribution in [2.24, 2.45) is 5.73 Å². The Balaban J connectivity index is 1.88. The summed E-state index contributed by atoms with van der Waals surface area (Å²) < 4.78 is 10.3. The van der Waals surface area contributed by atoms with E-state index in [0.717, 1.165) is 0 Å². The summed E-state index contributed by atoms with van der Waals surface area (Å²) in [6.07, 6.45) is 1.42. The Hall–Kier alpha value is -3.46. The van der Waals surface area contributed by atoms with Crippen LogP contribution in [0.25, 0.3) is 11.3 Å². The van der Waals surface area contributed by atoms with Gasteiger partial charge in [-0.25, -0.2) is 9.78 Å². The number of H-pyrrole nitrogens is 1. The molecule has 0 fully saturated rings. The van der Waals surface area contributed by atoms with Gasteiger partial charge >= 0.3 is 5.97 Å². The van der Waals surface area contributed by atoms with E-state index in [0.29, 0.717) is 16.9 Å². The number of pyridine rings is 1. The molecule has 0 spiro atoms. The Morgan fingerprint density at radius 2 is 2.00 bits per heavy atom. The van der Waals surface area contributed by atoms with E-state index in [1.165, 1.54) is 25.4 Å². The number of methoxy groups -OCH3 is 1. The van der Waals surface area contributed by atoms with E-state index in [1.807, 2.05) is 0 Å². The standard InChI is InChI=1S/C16H12ClN5O4/c1-25-16(24)9-4-5-19-12(7-9)26-11-3-2-8(6-10(11)17)13-14(15(18)23)21-22-20-13/h2-7H,1H3,(H2,18,23)(H,20,21,22). The molecule has 0 atom stereocenters. The van der Waals surface area contributed by atoms with Crippen molar-refractivity contribution < 1.29 is 19.1 Å². The van der Waals surface area contributed by atoms with Crippen molar-refractivity contribution in [2.75, 3.05) is 7.11 Å². The average molecular weight is 374 g/mol. The van der Waals surface area contributed by atoms with Gasteiger partial charge in [-0.05, 0) is 24.3 Å². The zero-order valence-electron chi connectivity index (χ0n) is 13.4. The number of halogens is 1. The fraction of sp³-hybridized carbons (Fsp3) is 0.0625. The lowest BCUT2D eigenvalue weighted by molar-refractivity contribution is 0.0600. The van der Waals surface area contributed by atoms with E-state index < -0.39 is 11.9 Å². The third-order valence-corrected chi connectivity index (χ3v) is 3.65. The van der Waals surface area contributed by atoms with E-state index in [-0.39, 0.29) is 22.3 Å². The second-order valence-corrected chi connectivity index (χ2v) is 5.41. The largest absolute Gasteiger partial charge is 0.465 e. The fourth-order valence-electron chi connectivity index (χ4n) is 2.16. The Bertz CT molecular complexity index is 988. The number of primary amides is 1. The molecule has 1 aromatic carbocycles. The number of nitrogens with one attached hydrogen (secondary N) is 1. The predicted octanol–water partition coefficient (Wildman–Crippen LogP) is 2.20. The van der Waals surface area contributed by atoms with Gasteiger partial charge in [0, 0.05) is 17.8 Å². The zero-order valence-corrected chi connectivity index (χ0v) is 14.1. The highest BCUT2D eigenvalue weighted by molar-refractivity contribution is 6.32. The number of nitrogens with zero attached hydrogens (tertiary/aromatic N) is 3. The Morgan fingerprint density at radius 3 is 2.69 bits per heavy atom. The fourth-order valence-corrected chi connectivity index (χ4v) is 2.38. The first kappa shape index (κ1) is 17.4. The van der Waals surface area contributed by atoms with Crippen molar-refractivity contribution >= 4 is 23.5 Å². The van der Waals surface area contributed by atoms with Gasteiger partial charge in [-0.3, -0.25) is 4.79 Å². The van der Waals surface area contributed by atoms with Crippen molar-refractivity contribution in [3.05, 3.63) is 52.8 Å². The van der Waals surface area contributed by atoms with Gasteiger partial charge < -0.3 is 15.2 Å². The molecule has 0 aliphatic carbocycles. The van der Waals surface area contributed by atoms with Crippen LogP contribution >= 0.6 is 11.6 Å². The first-order valence-electron chi connectivity index (χ1n) is 7.22. The monoisotopic (exact) mass is 373 g/mol. The third kappa shape index (κ3) is 3.47. The van der Waals surface area contributed by atoms with E-state index >= 15 is 0 Å². The topological polar surface area (TPSA) is 133 Å². The van der Waals surface area contributed by atoms with Gasteiger partial charge in [0.1, 0.15) is 11.4 Å². The molecule has 132 valence electrons. The highest BCUT2D eigenvalue weighted by Crippen LogP contribution is 2.33. The van der Waals surface area contributed by atoms with Crippen LogP contribution in [-0.2, 0) is 4.74 Å². The van der Waals surface area contributed by atoms with Crippen molar-refractivity contribution in [2.45, 2.75) is 0 Å². The molecular formula is C16H12ClN5O4. The zero-order chi connectivity index (χ0) is 18.7. The van der Waals surface area contributed by atoms with Crippen molar-refractivity contribution in [1.29, 1.82) is 0 Å². The van der Waals surface area contributed by atoms with Gasteiger partial charge in [-0.1, -0.05) is 11.6 Å². The van der Waals surface area contributed by atoms with Gasteiger partial charge in [0.25, 0.3) is 5.91 Å². The summed E-state index contributed by atoms with van der Waals surface area (Å²) in [4.78, 5) is 26.9. The van der Waals surface area contributed by atoms with E-state index in [1.54, 1.807) is 18.2 Å². The van der Waals surface area contributed by atoms with Crippen LogP contribution in [0.3, 0.4) is 0 Å². The highest BCUT2D eigenvalue weighted by Gasteiger charge is 2.17. The molecule has 3 rings (SSSR count). The molecule has 9 nitrogen and oxygen atoms in total. The van der Waals surface area contributed by atoms with Crippen LogP contribution in [0, 0.1) is 0 Å². The molecule has 2 heterocycles. The van der Waals surface area contributed by atoms with Gasteiger partial charge in [-0.15, -0.1) is 0 Å². The molecular weight excluding hydrogens is 362 g/mol. The minimum atomic E-state index is -0.714. The number of hydrogen-bond donors (Lipinski definition) is 2. The van der Waals surface area contributed by atoms with Crippen LogP contribution in [0.5, 0.6) is 11.6 Å². The maximum Gasteiger partial charge on any atom is 0.338 e. The SMILES string of the molecule is COC(=O)c1ccnc(Oc2ccc(-c3n[nH]nc3C(N)=O)cc2Cl)c1. The molecule has 0 aliphatic heterocycles. The number of carbonyl (C=O) groups is 2. The predicted molar refractivity (Wildman–Crippen MR) is 91.0 cm³/mol. The number of nitrogens with two attached hydrogens (primary N) is 1. The number of aromatic nitrogens is 4. The molecule has 3 N–H and O–H groups in total. The van der Waals surface area contributed by atoms with E-state index in [9.17, 15) is 9.59 Å². The quantitative estimate of drug-likeness (QED) is 0.655. The summed E-state index contributed by atoms with van der Waals surface area (Å²) in [6, 6.07) is 7.68. The van der Waals surface area contributed by atoms with Crippen LogP contribution < -0.4 is 10.5 Å². The van der Waals surface area contributed by atoms with Crippen LogP contribution in [-0.4, -0.2) is 39.4 Å². The molecule has 0 radical (unpaired) electrons.